The van der Waals surface area contributed by atoms with Gasteiger partial charge in [0.05, 0.1) is 31.0 Å². The van der Waals surface area contributed by atoms with Crippen LogP contribution in [0.25, 0.3) is 0 Å². The van der Waals surface area contributed by atoms with Crippen molar-refractivity contribution in [2.24, 2.45) is 5.92 Å². The quantitative estimate of drug-likeness (QED) is 0.498. The van der Waals surface area contributed by atoms with Crippen LogP contribution >= 0.6 is 15.9 Å². The highest BCUT2D eigenvalue weighted by molar-refractivity contribution is 9.10. The van der Waals surface area contributed by atoms with Crippen molar-refractivity contribution in [3.05, 3.63) is 88.2 Å². The number of methoxy groups -OCH3 is 1. The Labute approximate surface area is 199 Å². The number of fused-ring (bicyclic) bond motifs is 3. The zero-order chi connectivity index (χ0) is 23.4. The lowest BCUT2D eigenvalue weighted by Crippen LogP contribution is -2.52. The lowest BCUT2D eigenvalue weighted by atomic mass is 9.70. The molecule has 170 valence electrons. The van der Waals surface area contributed by atoms with Crippen molar-refractivity contribution in [2.45, 2.75) is 23.2 Å². The van der Waals surface area contributed by atoms with Gasteiger partial charge in [-0.25, -0.2) is 0 Å². The summed E-state index contributed by atoms with van der Waals surface area (Å²) in [5.41, 5.74) is -1.87. The monoisotopic (exact) mass is 510 g/mol. The van der Waals surface area contributed by atoms with Crippen LogP contribution in [0.2, 0.25) is 0 Å². The number of nitrogens with zero attached hydrogens (tertiary/aromatic N) is 1. The Kier molecular flexibility index (Phi) is 5.19. The number of carbonyl (C=O) groups excluding carboxylic acids is 1. The lowest BCUT2D eigenvalue weighted by Gasteiger charge is -2.40. The summed E-state index contributed by atoms with van der Waals surface area (Å²) < 4.78 is 13.0. The molecule has 5 unspecified atom stereocenters. The highest BCUT2D eigenvalue weighted by Gasteiger charge is 2.78. The number of aromatic nitrogens is 1. The summed E-state index contributed by atoms with van der Waals surface area (Å²) >= 11 is 3.46. The van der Waals surface area contributed by atoms with E-state index < -0.39 is 35.0 Å². The molecule has 0 radical (unpaired) electrons. The highest BCUT2D eigenvalue weighted by Crippen LogP contribution is 2.69. The number of hydrogen-bond acceptors (Lipinski definition) is 6. The minimum absolute atomic E-state index is 0.275. The normalized spacial score (nSPS) is 29.7. The van der Waals surface area contributed by atoms with E-state index in [1.54, 1.807) is 0 Å². The number of nitrogens with one attached hydrogen (secondary N) is 1. The van der Waals surface area contributed by atoms with Gasteiger partial charge in [0.2, 0.25) is 5.91 Å². The molecule has 5 atom stereocenters. The number of benzene rings is 2. The molecule has 0 bridgehead atoms. The van der Waals surface area contributed by atoms with Gasteiger partial charge >= 0.3 is 0 Å². The molecule has 8 heteroatoms. The van der Waals surface area contributed by atoms with Gasteiger partial charge in [-0.2, -0.15) is 0 Å². The second-order valence-corrected chi connectivity index (χ2v) is 9.21. The van der Waals surface area contributed by atoms with Crippen molar-refractivity contribution in [3.63, 3.8) is 0 Å². The van der Waals surface area contributed by atoms with Gasteiger partial charge in [-0.3, -0.25) is 9.78 Å². The van der Waals surface area contributed by atoms with E-state index in [9.17, 15) is 15.0 Å². The molecule has 1 aliphatic carbocycles. The molecule has 3 aromatic rings. The number of ether oxygens (including phenoxy) is 2. The maximum atomic E-state index is 13.2. The topological polar surface area (TPSA) is 101 Å². The first-order valence-corrected chi connectivity index (χ1v) is 11.3. The molecule has 1 amide bonds. The molecule has 1 aromatic heterocycles. The lowest BCUT2D eigenvalue weighted by molar-refractivity contribution is -0.154. The number of amides is 1. The van der Waals surface area contributed by atoms with E-state index in [-0.39, 0.29) is 11.3 Å². The Hall–Kier alpha value is -2.94. The number of carbonyl (C=O) groups is 1. The Balaban J connectivity index is 1.89. The third kappa shape index (κ3) is 2.81. The zero-order valence-electron chi connectivity index (χ0n) is 18.0. The third-order valence-electron chi connectivity index (χ3n) is 6.86. The van der Waals surface area contributed by atoms with E-state index in [4.69, 9.17) is 9.47 Å². The molecular formula is C25H23BrN2O5. The van der Waals surface area contributed by atoms with Crippen LogP contribution in [0.5, 0.6) is 11.5 Å². The summed E-state index contributed by atoms with van der Waals surface area (Å²) in [6, 6.07) is 16.7. The molecule has 3 N–H and O–H groups in total. The van der Waals surface area contributed by atoms with Crippen LogP contribution in [-0.2, 0) is 16.0 Å². The third-order valence-corrected chi connectivity index (χ3v) is 7.39. The van der Waals surface area contributed by atoms with Crippen molar-refractivity contribution >= 4 is 21.8 Å². The fourth-order valence-corrected chi connectivity index (χ4v) is 5.82. The van der Waals surface area contributed by atoms with Gasteiger partial charge in [-0.1, -0.05) is 58.4 Å². The van der Waals surface area contributed by atoms with E-state index in [0.717, 1.165) is 10.0 Å². The molecular weight excluding hydrogens is 488 g/mol. The molecule has 5 rings (SSSR count). The summed E-state index contributed by atoms with van der Waals surface area (Å²) in [4.78, 5) is 17.4. The van der Waals surface area contributed by atoms with Gasteiger partial charge in [-0.15, -0.1) is 0 Å². The first-order chi connectivity index (χ1) is 15.9. The van der Waals surface area contributed by atoms with Crippen LogP contribution < -0.4 is 14.8 Å². The van der Waals surface area contributed by atoms with Gasteiger partial charge in [0.1, 0.15) is 17.6 Å². The minimum atomic E-state index is -2.00. The van der Waals surface area contributed by atoms with E-state index in [0.29, 0.717) is 11.3 Å². The Morgan fingerprint density at radius 1 is 1.15 bits per heavy atom. The minimum Gasteiger partial charge on any atom is -0.495 e. The summed E-state index contributed by atoms with van der Waals surface area (Å²) in [6.45, 7) is 0. The van der Waals surface area contributed by atoms with E-state index in [1.807, 2.05) is 54.6 Å². The van der Waals surface area contributed by atoms with Crippen molar-refractivity contribution < 1.29 is 24.5 Å². The van der Waals surface area contributed by atoms with E-state index >= 15 is 0 Å². The average molecular weight is 511 g/mol. The summed E-state index contributed by atoms with van der Waals surface area (Å²) in [6.07, 6.45) is 1.47. The number of halogens is 1. The van der Waals surface area contributed by atoms with Crippen molar-refractivity contribution in [1.29, 1.82) is 0 Å². The number of rotatable bonds is 4. The summed E-state index contributed by atoms with van der Waals surface area (Å²) in [7, 11) is 2.98. The first kappa shape index (κ1) is 21.9. The maximum absolute atomic E-state index is 13.2. The fraction of sp³-hybridized carbons (Fsp3) is 0.280. The maximum Gasteiger partial charge on any atom is 0.226 e. The second kappa shape index (κ2) is 7.83. The summed E-state index contributed by atoms with van der Waals surface area (Å²) in [5, 5.41) is 26.9. The van der Waals surface area contributed by atoms with Gasteiger partial charge < -0.3 is 25.0 Å². The zero-order valence-corrected chi connectivity index (χ0v) is 19.6. The van der Waals surface area contributed by atoms with Crippen LogP contribution in [0.15, 0.2) is 71.5 Å². The number of aliphatic hydroxyl groups is 2. The van der Waals surface area contributed by atoms with Crippen LogP contribution in [0.4, 0.5) is 0 Å². The molecule has 1 aliphatic heterocycles. The molecule has 2 heterocycles. The predicted molar refractivity (Wildman–Crippen MR) is 124 cm³/mol. The number of pyridine rings is 1. The number of aliphatic hydroxyl groups excluding tert-OH is 1. The van der Waals surface area contributed by atoms with Gasteiger partial charge in [0, 0.05) is 17.4 Å². The van der Waals surface area contributed by atoms with Crippen molar-refractivity contribution in [3.8, 4) is 11.5 Å². The van der Waals surface area contributed by atoms with Crippen molar-refractivity contribution in [2.75, 3.05) is 14.2 Å². The van der Waals surface area contributed by atoms with E-state index in [1.165, 1.54) is 26.6 Å². The highest BCUT2D eigenvalue weighted by atomic mass is 79.9. The first-order valence-electron chi connectivity index (χ1n) is 10.5. The molecule has 2 aliphatic rings. The van der Waals surface area contributed by atoms with Crippen LogP contribution in [0.1, 0.15) is 22.6 Å². The van der Waals surface area contributed by atoms with E-state index in [2.05, 4.69) is 26.2 Å². The van der Waals surface area contributed by atoms with Gasteiger partial charge in [-0.05, 0) is 23.3 Å². The van der Waals surface area contributed by atoms with Crippen LogP contribution in [0.3, 0.4) is 0 Å². The Morgan fingerprint density at radius 3 is 2.48 bits per heavy atom. The molecule has 1 saturated carbocycles. The Bertz CT molecular complexity index is 1210. The van der Waals surface area contributed by atoms with Crippen LogP contribution in [-0.4, -0.2) is 41.4 Å². The fourth-order valence-electron chi connectivity index (χ4n) is 5.55. The Morgan fingerprint density at radius 2 is 1.85 bits per heavy atom. The van der Waals surface area contributed by atoms with Gasteiger partial charge in [0.15, 0.2) is 11.2 Å². The summed E-state index contributed by atoms with van der Waals surface area (Å²) in [5.74, 6) is -1.55. The van der Waals surface area contributed by atoms with Crippen molar-refractivity contribution in [1.82, 2.24) is 10.3 Å². The molecule has 33 heavy (non-hydrogen) atoms. The van der Waals surface area contributed by atoms with Crippen LogP contribution in [0, 0.1) is 5.92 Å². The average Bonchev–Trinajstić information content (AvgIpc) is 3.22. The molecule has 2 aromatic carbocycles. The largest absolute Gasteiger partial charge is 0.495 e. The number of hydrogen-bond donors (Lipinski definition) is 3. The molecule has 1 fully saturated rings. The predicted octanol–water partition coefficient (Wildman–Crippen LogP) is 2.85. The van der Waals surface area contributed by atoms with Gasteiger partial charge in [0.25, 0.3) is 0 Å². The second-order valence-electron chi connectivity index (χ2n) is 8.30. The molecule has 0 spiro atoms. The standard InChI is InChI=1S/C25H23BrN2O5/c1-27-23(30)19-20(14-6-4-3-5-7-14)25(15-8-10-16(26)11-9-15)24(31,22(19)29)21-17(32-2)12-28-13-18(21)33-25/h3-13,19-20,22,29,31H,1-2H3,(H,27,30). The SMILES string of the molecule is CNC(=O)C1C(O)C2(O)c3c(OC)cncc3OC2(c2ccc(Br)cc2)C1c1ccccc1. The molecule has 0 saturated heterocycles. The smallest absolute Gasteiger partial charge is 0.226 e. The molecule has 7 nitrogen and oxygen atoms in total.